The highest BCUT2D eigenvalue weighted by Gasteiger charge is 2.62. The second-order valence-corrected chi connectivity index (χ2v) is 21.2. The van der Waals surface area contributed by atoms with Crippen LogP contribution < -0.4 is 11.2 Å². The Labute approximate surface area is 253 Å². The molecule has 18 heteroatoms. The van der Waals surface area contributed by atoms with E-state index in [1.165, 1.54) is 0 Å². The molecular weight excluding hydrogens is 638 g/mol. The van der Waals surface area contributed by atoms with Crippen LogP contribution in [0.4, 0.5) is 26.3 Å². The number of H-pyrrole nitrogens is 1. The van der Waals surface area contributed by atoms with E-state index in [0.717, 1.165) is 16.8 Å². The van der Waals surface area contributed by atoms with Gasteiger partial charge in [-0.3, -0.25) is 14.3 Å². The van der Waals surface area contributed by atoms with Crippen molar-refractivity contribution in [2.24, 2.45) is 5.92 Å². The van der Waals surface area contributed by atoms with Crippen LogP contribution in [0.25, 0.3) is 0 Å². The molecule has 0 saturated carbocycles. The van der Waals surface area contributed by atoms with Gasteiger partial charge in [0.1, 0.15) is 25.1 Å². The summed E-state index contributed by atoms with van der Waals surface area (Å²) in [6.07, 6.45) is -14.5. The summed E-state index contributed by atoms with van der Waals surface area (Å²) in [5.41, 5.74) is -1.84. The second-order valence-electron chi connectivity index (χ2n) is 12.4. The van der Waals surface area contributed by atoms with Gasteiger partial charge in [0.15, 0.2) is 12.1 Å². The summed E-state index contributed by atoms with van der Waals surface area (Å²) in [4.78, 5) is 26.7. The van der Waals surface area contributed by atoms with Crippen LogP contribution >= 0.6 is 0 Å². The summed E-state index contributed by atoms with van der Waals surface area (Å²) in [6, 6.07) is 1.06. The van der Waals surface area contributed by atoms with Gasteiger partial charge in [0.05, 0.1) is 13.2 Å². The maximum atomic E-state index is 13.1. The van der Waals surface area contributed by atoms with Gasteiger partial charge >= 0.3 is 35.2 Å². The number of nitrogens with zero attached hydrogens (tertiary/aromatic N) is 1. The molecule has 0 spiro atoms. The van der Waals surface area contributed by atoms with Crippen LogP contribution in [0.1, 0.15) is 61.6 Å². The van der Waals surface area contributed by atoms with E-state index < -0.39 is 84.6 Å². The lowest BCUT2D eigenvalue weighted by Gasteiger charge is -2.51. The van der Waals surface area contributed by atoms with E-state index in [1.54, 1.807) is 0 Å². The van der Waals surface area contributed by atoms with Crippen molar-refractivity contribution in [3.8, 4) is 0 Å². The lowest BCUT2D eigenvalue weighted by Crippen LogP contribution is -2.66. The van der Waals surface area contributed by atoms with Crippen LogP contribution in [-0.2, 0) is 27.2 Å². The smallest absolute Gasteiger partial charge is 0.402 e. The minimum Gasteiger partial charge on any atom is -0.414 e. The van der Waals surface area contributed by atoms with Crippen molar-refractivity contribution >= 4 is 17.1 Å². The zero-order valence-corrected chi connectivity index (χ0v) is 28.0. The summed E-state index contributed by atoms with van der Waals surface area (Å²) >= 11 is 0. The number of aromatic amines is 1. The molecular formula is C26H42F6N2O8Si2. The Morgan fingerprint density at radius 1 is 0.932 bits per heavy atom. The third-order valence-electron chi connectivity index (χ3n) is 8.16. The average molecular weight is 681 g/mol. The molecule has 1 aromatic heterocycles. The largest absolute Gasteiger partial charge is 0.414 e. The average Bonchev–Trinajstić information content (AvgIpc) is 3.17. The number of alkyl halides is 6. The number of halogens is 6. The Morgan fingerprint density at radius 3 is 1.95 bits per heavy atom. The van der Waals surface area contributed by atoms with Gasteiger partial charge in [0.2, 0.25) is 0 Å². The number of hydrogen-bond donors (Lipinski definition) is 1. The Bertz CT molecular complexity index is 1190. The van der Waals surface area contributed by atoms with Crippen molar-refractivity contribution in [2.45, 2.75) is 114 Å². The number of aromatic nitrogens is 2. The molecule has 44 heavy (non-hydrogen) atoms. The van der Waals surface area contributed by atoms with Gasteiger partial charge in [-0.05, 0) is 22.2 Å². The van der Waals surface area contributed by atoms with E-state index >= 15 is 0 Å². The van der Waals surface area contributed by atoms with Crippen LogP contribution in [0.15, 0.2) is 21.9 Å². The number of hydrogen-bond acceptors (Lipinski definition) is 8. The fourth-order valence-corrected chi connectivity index (χ4v) is 17.0. The van der Waals surface area contributed by atoms with Gasteiger partial charge < -0.3 is 27.2 Å². The number of fused-ring (bicyclic) bond motifs is 1. The zero-order chi connectivity index (χ0) is 33.4. The Morgan fingerprint density at radius 2 is 1.48 bits per heavy atom. The first-order chi connectivity index (χ1) is 20.2. The van der Waals surface area contributed by atoms with E-state index in [1.807, 2.05) is 55.4 Å². The Kier molecular flexibility index (Phi) is 11.5. The standard InChI is InChI=1S/C26H42F6N2O8Si2/c1-14(2)43(15(3)4)39-11-18-21(41-44(42-43,16(5)6)17(7)8)22(23(40-18)34-10-9-20(35)33-24(34)36)38-13-37-12-19(25(27,28)29)26(30,31)32/h9-10,14-19,21-23H,11-13H2,1-8H3,(H,33,35,36)/t18-,21-,22?,23+/m0/s1. The van der Waals surface area contributed by atoms with Crippen LogP contribution in [0, 0.1) is 5.92 Å². The first-order valence-corrected chi connectivity index (χ1v) is 18.4. The number of rotatable bonds is 10. The highest BCUT2D eigenvalue weighted by Crippen LogP contribution is 2.49. The molecule has 2 fully saturated rings. The predicted octanol–water partition coefficient (Wildman–Crippen LogP) is 5.49. The van der Waals surface area contributed by atoms with Gasteiger partial charge in [-0.1, -0.05) is 55.4 Å². The highest BCUT2D eigenvalue weighted by atomic mass is 28.5. The quantitative estimate of drug-likeness (QED) is 0.150. The molecule has 1 unspecified atom stereocenters. The van der Waals surface area contributed by atoms with Crippen molar-refractivity contribution in [1.29, 1.82) is 0 Å². The van der Waals surface area contributed by atoms with E-state index in [-0.39, 0.29) is 28.8 Å². The summed E-state index contributed by atoms with van der Waals surface area (Å²) in [7, 11) is -6.28. The topological polar surface area (TPSA) is 110 Å². The molecule has 0 aliphatic carbocycles. The van der Waals surface area contributed by atoms with Gasteiger partial charge in [0.25, 0.3) is 5.56 Å². The molecule has 254 valence electrons. The molecule has 2 aliphatic rings. The minimum atomic E-state index is -5.59. The molecule has 2 aliphatic heterocycles. The summed E-state index contributed by atoms with van der Waals surface area (Å²) in [5.74, 6) is -3.73. The lowest BCUT2D eigenvalue weighted by molar-refractivity contribution is -0.299. The van der Waals surface area contributed by atoms with Crippen LogP contribution in [0.2, 0.25) is 22.2 Å². The molecule has 10 nitrogen and oxygen atoms in total. The van der Waals surface area contributed by atoms with Crippen molar-refractivity contribution in [3.63, 3.8) is 0 Å². The molecule has 1 N–H and O–H groups in total. The van der Waals surface area contributed by atoms with Crippen LogP contribution in [-0.4, -0.2) is 77.3 Å². The monoisotopic (exact) mass is 680 g/mol. The minimum absolute atomic E-state index is 0.00158. The lowest BCUT2D eigenvalue weighted by atomic mass is 10.1. The van der Waals surface area contributed by atoms with E-state index in [9.17, 15) is 35.9 Å². The van der Waals surface area contributed by atoms with E-state index in [4.69, 9.17) is 27.2 Å². The van der Waals surface area contributed by atoms with Crippen molar-refractivity contribution < 1.29 is 53.5 Å². The van der Waals surface area contributed by atoms with Gasteiger partial charge in [0, 0.05) is 12.3 Å². The summed E-state index contributed by atoms with van der Waals surface area (Å²) in [6.45, 7) is 13.1. The van der Waals surface area contributed by atoms with Crippen LogP contribution in [0.5, 0.6) is 0 Å². The van der Waals surface area contributed by atoms with Gasteiger partial charge in [-0.2, -0.15) is 26.3 Å². The highest BCUT2D eigenvalue weighted by molar-refractivity contribution is 6.84. The van der Waals surface area contributed by atoms with E-state index in [2.05, 4.69) is 4.98 Å². The first kappa shape index (κ1) is 36.9. The fourth-order valence-electron chi connectivity index (χ4n) is 5.82. The Hall–Kier alpha value is -1.55. The molecule has 0 aromatic carbocycles. The molecule has 3 rings (SSSR count). The van der Waals surface area contributed by atoms with Crippen molar-refractivity contribution in [2.75, 3.05) is 20.0 Å². The van der Waals surface area contributed by atoms with Crippen molar-refractivity contribution in [1.82, 2.24) is 9.55 Å². The maximum Gasteiger partial charge on any atom is 0.402 e. The molecule has 0 radical (unpaired) electrons. The maximum absolute atomic E-state index is 13.1. The van der Waals surface area contributed by atoms with Crippen LogP contribution in [0.3, 0.4) is 0 Å². The molecule has 2 saturated heterocycles. The second kappa shape index (κ2) is 13.7. The third-order valence-corrected chi connectivity index (χ3v) is 18.4. The predicted molar refractivity (Wildman–Crippen MR) is 150 cm³/mol. The molecule has 0 bridgehead atoms. The number of nitrogens with one attached hydrogen (secondary N) is 1. The van der Waals surface area contributed by atoms with Gasteiger partial charge in [-0.25, -0.2) is 4.79 Å². The fraction of sp³-hybridized carbons (Fsp3) is 0.846. The zero-order valence-electron chi connectivity index (χ0n) is 26.0. The summed E-state index contributed by atoms with van der Waals surface area (Å²) < 4.78 is 117. The molecule has 0 amide bonds. The molecule has 1 aromatic rings. The SMILES string of the molecule is CC(C)[Si]1(C(C)C)OC[C@@H]2O[C@@H](n3ccc(=O)[nH]c3=O)C(OCOCC(C(F)(F)F)C(F)(F)F)[C@H]2O[Si](C(C)C)(C(C)C)O1. The summed E-state index contributed by atoms with van der Waals surface area (Å²) in [5, 5.41) is 0. The normalized spacial score (nSPS) is 26.1. The van der Waals surface area contributed by atoms with Gasteiger partial charge in [-0.15, -0.1) is 0 Å². The van der Waals surface area contributed by atoms with E-state index in [0.29, 0.717) is 0 Å². The first-order valence-electron chi connectivity index (χ1n) is 14.5. The molecule has 4 atom stereocenters. The third kappa shape index (κ3) is 7.53. The van der Waals surface area contributed by atoms with Crippen molar-refractivity contribution in [3.05, 3.63) is 33.1 Å². The molecule has 3 heterocycles. The Balaban J connectivity index is 2.04. The number of ether oxygens (including phenoxy) is 3.